The molecule has 0 aromatic carbocycles. The van der Waals surface area contributed by atoms with Gasteiger partial charge in [-0.15, -0.1) is 0 Å². The molecule has 1 saturated carbocycles. The molecule has 106 valence electrons. The van der Waals surface area contributed by atoms with Crippen LogP contribution in [0.15, 0.2) is 9.98 Å². The van der Waals surface area contributed by atoms with E-state index >= 15 is 0 Å². The van der Waals surface area contributed by atoms with Gasteiger partial charge in [0.05, 0.1) is 9.98 Å². The Morgan fingerprint density at radius 1 is 1.47 bits per heavy atom. The number of hydrogen-bond donors (Lipinski definition) is 1. The van der Waals surface area contributed by atoms with E-state index in [1.54, 1.807) is 6.20 Å². The number of rotatable bonds is 5. The summed E-state index contributed by atoms with van der Waals surface area (Å²) < 4.78 is 0.950. The Hall–Kier alpha value is -0.420. The highest BCUT2D eigenvalue weighted by atomic mass is 79.9. The van der Waals surface area contributed by atoms with E-state index in [-0.39, 0.29) is 11.8 Å². The van der Waals surface area contributed by atoms with Crippen molar-refractivity contribution in [2.45, 2.75) is 51.9 Å². The van der Waals surface area contributed by atoms with E-state index in [0.717, 1.165) is 22.5 Å². The van der Waals surface area contributed by atoms with Crippen LogP contribution >= 0.6 is 27.3 Å². The second-order valence-electron chi connectivity index (χ2n) is 5.32. The number of halogens is 1. The number of unbranched alkanes of at least 4 members (excludes halogenated alkanes) is 1. The van der Waals surface area contributed by atoms with Crippen molar-refractivity contribution in [2.24, 2.45) is 11.8 Å². The van der Waals surface area contributed by atoms with Crippen LogP contribution in [0, 0.1) is 11.8 Å². The molecule has 1 N–H and O–H groups in total. The van der Waals surface area contributed by atoms with Gasteiger partial charge in [0.2, 0.25) is 5.91 Å². The lowest BCUT2D eigenvalue weighted by atomic mass is 9.79. The predicted molar refractivity (Wildman–Crippen MR) is 83.4 cm³/mol. The monoisotopic (exact) mass is 344 g/mol. The van der Waals surface area contributed by atoms with Crippen LogP contribution in [-0.4, -0.2) is 10.9 Å². The molecule has 1 aliphatic carbocycles. The number of aromatic nitrogens is 1. The molecule has 19 heavy (non-hydrogen) atoms. The van der Waals surface area contributed by atoms with Crippen LogP contribution in [0.3, 0.4) is 0 Å². The van der Waals surface area contributed by atoms with Crippen LogP contribution < -0.4 is 5.32 Å². The number of hydrogen-bond acceptors (Lipinski definition) is 3. The standard InChI is InChI=1S/C14H21BrN2OS/c1-2-3-4-10-5-7-11(8-6-10)13(18)17-14-16-9-12(15)19-14/h9-11H,2-8H2,1H3,(H,16,17,18). The summed E-state index contributed by atoms with van der Waals surface area (Å²) in [4.78, 5) is 16.3. The zero-order valence-electron chi connectivity index (χ0n) is 11.3. The van der Waals surface area contributed by atoms with Gasteiger partial charge in [0.15, 0.2) is 5.13 Å². The van der Waals surface area contributed by atoms with E-state index in [1.165, 1.54) is 43.4 Å². The predicted octanol–water partition coefficient (Wildman–Crippen LogP) is 4.84. The molecule has 1 aliphatic rings. The van der Waals surface area contributed by atoms with Crippen molar-refractivity contribution >= 4 is 38.3 Å². The summed E-state index contributed by atoms with van der Waals surface area (Å²) in [5.74, 6) is 1.18. The van der Waals surface area contributed by atoms with Crippen molar-refractivity contribution in [3.63, 3.8) is 0 Å². The fourth-order valence-electron chi connectivity index (χ4n) is 2.73. The van der Waals surface area contributed by atoms with Gasteiger partial charge in [0.25, 0.3) is 0 Å². The second-order valence-corrected chi connectivity index (χ2v) is 7.73. The molecule has 1 aromatic rings. The fourth-order valence-corrected chi connectivity index (χ4v) is 3.84. The van der Waals surface area contributed by atoms with Gasteiger partial charge in [0.1, 0.15) is 0 Å². The Bertz CT molecular complexity index is 413. The number of carbonyl (C=O) groups is 1. The first-order valence-corrected chi connectivity index (χ1v) is 8.72. The molecule has 0 radical (unpaired) electrons. The number of amides is 1. The fraction of sp³-hybridized carbons (Fsp3) is 0.714. The minimum absolute atomic E-state index is 0.149. The topological polar surface area (TPSA) is 42.0 Å². The molecule has 0 spiro atoms. The van der Waals surface area contributed by atoms with Crippen LogP contribution in [-0.2, 0) is 4.79 Å². The lowest BCUT2D eigenvalue weighted by Crippen LogP contribution is -2.27. The summed E-state index contributed by atoms with van der Waals surface area (Å²) >= 11 is 4.82. The average molecular weight is 345 g/mol. The maximum Gasteiger partial charge on any atom is 0.229 e. The molecular formula is C14H21BrN2OS. The largest absolute Gasteiger partial charge is 0.302 e. The highest BCUT2D eigenvalue weighted by Crippen LogP contribution is 2.33. The first-order chi connectivity index (χ1) is 9.19. The van der Waals surface area contributed by atoms with Gasteiger partial charge in [-0.05, 0) is 47.5 Å². The van der Waals surface area contributed by atoms with Gasteiger partial charge in [-0.25, -0.2) is 4.98 Å². The van der Waals surface area contributed by atoms with E-state index in [4.69, 9.17) is 0 Å². The Morgan fingerprint density at radius 3 is 2.79 bits per heavy atom. The quantitative estimate of drug-likeness (QED) is 0.830. The molecule has 0 unspecified atom stereocenters. The highest BCUT2D eigenvalue weighted by molar-refractivity contribution is 9.11. The first-order valence-electron chi connectivity index (χ1n) is 7.11. The maximum atomic E-state index is 12.1. The van der Waals surface area contributed by atoms with Crippen molar-refractivity contribution in [3.05, 3.63) is 9.98 Å². The Kier molecular flexibility index (Phi) is 5.82. The third-order valence-electron chi connectivity index (χ3n) is 3.89. The van der Waals surface area contributed by atoms with E-state index in [2.05, 4.69) is 33.2 Å². The van der Waals surface area contributed by atoms with E-state index in [1.807, 2.05) is 0 Å². The molecule has 0 bridgehead atoms. The van der Waals surface area contributed by atoms with Crippen molar-refractivity contribution in [1.29, 1.82) is 0 Å². The molecule has 1 heterocycles. The SMILES string of the molecule is CCCCC1CCC(C(=O)Nc2ncc(Br)s2)CC1. The van der Waals surface area contributed by atoms with Gasteiger partial charge in [-0.2, -0.15) is 0 Å². The number of nitrogens with one attached hydrogen (secondary N) is 1. The molecule has 0 atom stereocenters. The van der Waals surface area contributed by atoms with Crippen molar-refractivity contribution in [2.75, 3.05) is 5.32 Å². The van der Waals surface area contributed by atoms with Crippen LogP contribution in [0.1, 0.15) is 51.9 Å². The van der Waals surface area contributed by atoms with Gasteiger partial charge in [-0.3, -0.25) is 4.79 Å². The lowest BCUT2D eigenvalue weighted by molar-refractivity contribution is -0.121. The van der Waals surface area contributed by atoms with Crippen LogP contribution in [0.5, 0.6) is 0 Å². The molecule has 0 aliphatic heterocycles. The van der Waals surface area contributed by atoms with Gasteiger partial charge < -0.3 is 5.32 Å². The Balaban J connectivity index is 1.76. The van der Waals surface area contributed by atoms with Crippen molar-refractivity contribution in [1.82, 2.24) is 4.98 Å². The summed E-state index contributed by atoms with van der Waals surface area (Å²) in [6.07, 6.45) is 10.2. The molecular weight excluding hydrogens is 324 g/mol. The third kappa shape index (κ3) is 4.56. The summed E-state index contributed by atoms with van der Waals surface area (Å²) in [5.41, 5.74) is 0. The summed E-state index contributed by atoms with van der Waals surface area (Å²) in [5, 5.41) is 3.63. The normalized spacial score (nSPS) is 23.3. The van der Waals surface area contributed by atoms with E-state index < -0.39 is 0 Å². The molecule has 2 rings (SSSR count). The first kappa shape index (κ1) is 15.0. The van der Waals surface area contributed by atoms with E-state index in [0.29, 0.717) is 5.13 Å². The summed E-state index contributed by atoms with van der Waals surface area (Å²) in [7, 11) is 0. The number of nitrogens with zero attached hydrogens (tertiary/aromatic N) is 1. The molecule has 5 heteroatoms. The zero-order valence-corrected chi connectivity index (χ0v) is 13.7. The van der Waals surface area contributed by atoms with Crippen LogP contribution in [0.2, 0.25) is 0 Å². The minimum atomic E-state index is 0.149. The van der Waals surface area contributed by atoms with Gasteiger partial charge in [0, 0.05) is 5.92 Å². The average Bonchev–Trinajstić information content (AvgIpc) is 2.82. The van der Waals surface area contributed by atoms with Crippen molar-refractivity contribution < 1.29 is 4.79 Å². The Morgan fingerprint density at radius 2 is 2.21 bits per heavy atom. The second kappa shape index (κ2) is 7.39. The zero-order chi connectivity index (χ0) is 13.7. The number of thiazole rings is 1. The van der Waals surface area contributed by atoms with E-state index in [9.17, 15) is 4.79 Å². The summed E-state index contributed by atoms with van der Waals surface area (Å²) in [6.45, 7) is 2.24. The summed E-state index contributed by atoms with van der Waals surface area (Å²) in [6, 6.07) is 0. The minimum Gasteiger partial charge on any atom is -0.302 e. The third-order valence-corrected chi connectivity index (χ3v) is 5.28. The van der Waals surface area contributed by atoms with Gasteiger partial charge >= 0.3 is 0 Å². The lowest BCUT2D eigenvalue weighted by Gasteiger charge is -2.27. The molecule has 3 nitrogen and oxygen atoms in total. The number of anilines is 1. The highest BCUT2D eigenvalue weighted by Gasteiger charge is 2.26. The smallest absolute Gasteiger partial charge is 0.229 e. The molecule has 0 saturated heterocycles. The maximum absolute atomic E-state index is 12.1. The van der Waals surface area contributed by atoms with Gasteiger partial charge in [-0.1, -0.05) is 37.5 Å². The molecule has 1 aromatic heterocycles. The Labute approximate surface area is 127 Å². The molecule has 1 fully saturated rings. The number of carbonyl (C=O) groups excluding carboxylic acids is 1. The van der Waals surface area contributed by atoms with Crippen LogP contribution in [0.25, 0.3) is 0 Å². The van der Waals surface area contributed by atoms with Crippen molar-refractivity contribution in [3.8, 4) is 0 Å². The van der Waals surface area contributed by atoms with Crippen LogP contribution in [0.4, 0.5) is 5.13 Å². The molecule has 1 amide bonds.